The number of carbonyl (C=O) groups excluding carboxylic acids is 1. The number of nitro groups is 1. The van der Waals surface area contributed by atoms with Gasteiger partial charge in [-0.2, -0.15) is 8.78 Å². The van der Waals surface area contributed by atoms with E-state index in [9.17, 15) is 28.8 Å². The van der Waals surface area contributed by atoms with Gasteiger partial charge in [0.15, 0.2) is 0 Å². The Balaban J connectivity index is 3.22. The lowest BCUT2D eigenvalue weighted by molar-refractivity contribution is -0.386. The van der Waals surface area contributed by atoms with Gasteiger partial charge < -0.3 is 14.6 Å². The Morgan fingerprint density at radius 3 is 2.53 bits per heavy atom. The van der Waals surface area contributed by atoms with Gasteiger partial charge in [-0.1, -0.05) is 13.0 Å². The molecule has 0 fully saturated rings. The highest BCUT2D eigenvalue weighted by Crippen LogP contribution is 2.32. The zero-order valence-electron chi connectivity index (χ0n) is 9.84. The topological polar surface area (TPSA) is 92.5 Å². The molecule has 1 aromatic rings. The number of rotatable bonds is 6. The quantitative estimate of drug-likeness (QED) is 0.578. The van der Waals surface area contributed by atoms with Crippen molar-refractivity contribution in [2.45, 2.75) is 25.9 Å². The van der Waals surface area contributed by atoms with Crippen LogP contribution in [0.2, 0.25) is 0 Å². The molecule has 8 heteroatoms. The van der Waals surface area contributed by atoms with E-state index in [2.05, 4.69) is 4.74 Å². The maximum absolute atomic E-state index is 12.1. The van der Waals surface area contributed by atoms with E-state index in [-0.39, 0.29) is 12.0 Å². The summed E-state index contributed by atoms with van der Waals surface area (Å²) in [4.78, 5) is 20.7. The predicted octanol–water partition coefficient (Wildman–Crippen LogP) is 1.44. The second-order valence-corrected chi connectivity index (χ2v) is 3.64. The largest absolute Gasteiger partial charge is 0.549 e. The Labute approximate surface area is 106 Å². The molecule has 0 bridgehead atoms. The highest BCUT2D eigenvalue weighted by molar-refractivity contribution is 5.74. The van der Waals surface area contributed by atoms with Crippen LogP contribution in [0.15, 0.2) is 18.2 Å². The summed E-state index contributed by atoms with van der Waals surface area (Å²) in [6, 6.07) is 3.04. The van der Waals surface area contributed by atoms with Crippen LogP contribution >= 0.6 is 0 Å². The van der Waals surface area contributed by atoms with Crippen molar-refractivity contribution in [2.75, 3.05) is 0 Å². The molecule has 0 saturated carbocycles. The number of halogens is 2. The van der Waals surface area contributed by atoms with E-state index in [4.69, 9.17) is 0 Å². The SMILES string of the molecule is CCC(C(=O)[O-])c1ccc(OC(F)F)c([N+](=O)[O-])c1. The van der Waals surface area contributed by atoms with Gasteiger partial charge in [0.25, 0.3) is 0 Å². The molecule has 0 aliphatic heterocycles. The van der Waals surface area contributed by atoms with Crippen LogP contribution in [0.1, 0.15) is 24.8 Å². The standard InChI is InChI=1S/C11H11F2NO5/c1-2-7(10(15)16)6-3-4-9(19-11(12)13)8(5-6)14(17)18/h3-5,7,11H,2H2,1H3,(H,15,16)/p-1. The maximum Gasteiger partial charge on any atom is 0.387 e. The smallest absolute Gasteiger partial charge is 0.387 e. The van der Waals surface area contributed by atoms with E-state index >= 15 is 0 Å². The van der Waals surface area contributed by atoms with Crippen LogP contribution in [-0.2, 0) is 4.79 Å². The van der Waals surface area contributed by atoms with E-state index in [0.717, 1.165) is 12.1 Å². The Hall–Kier alpha value is -2.25. The van der Waals surface area contributed by atoms with E-state index in [1.165, 1.54) is 6.07 Å². The van der Waals surface area contributed by atoms with Gasteiger partial charge in [-0.15, -0.1) is 0 Å². The van der Waals surface area contributed by atoms with Crippen molar-refractivity contribution >= 4 is 11.7 Å². The average Bonchev–Trinajstić information content (AvgIpc) is 2.30. The van der Waals surface area contributed by atoms with Gasteiger partial charge in [-0.25, -0.2) is 0 Å². The molecule has 19 heavy (non-hydrogen) atoms. The minimum atomic E-state index is -3.20. The Kier molecular flexibility index (Phi) is 4.74. The first-order valence-corrected chi connectivity index (χ1v) is 5.30. The second-order valence-electron chi connectivity index (χ2n) is 3.64. The maximum atomic E-state index is 12.1. The lowest BCUT2D eigenvalue weighted by atomic mass is 9.96. The van der Waals surface area contributed by atoms with Crippen LogP contribution < -0.4 is 9.84 Å². The number of hydrogen-bond donors (Lipinski definition) is 0. The molecule has 6 nitrogen and oxygen atoms in total. The van der Waals surface area contributed by atoms with Crippen LogP contribution in [0.3, 0.4) is 0 Å². The monoisotopic (exact) mass is 274 g/mol. The summed E-state index contributed by atoms with van der Waals surface area (Å²) in [5.41, 5.74) is -0.603. The number of carboxylic acids is 1. The summed E-state index contributed by atoms with van der Waals surface area (Å²) >= 11 is 0. The first-order chi connectivity index (χ1) is 8.86. The molecule has 1 unspecified atom stereocenters. The Morgan fingerprint density at radius 2 is 2.11 bits per heavy atom. The number of nitrogens with zero attached hydrogens (tertiary/aromatic N) is 1. The number of carboxylic acid groups (broad SMARTS) is 1. The number of hydrogen-bond acceptors (Lipinski definition) is 5. The summed E-state index contributed by atoms with van der Waals surface area (Å²) < 4.78 is 28.1. The highest BCUT2D eigenvalue weighted by atomic mass is 19.3. The molecule has 0 radical (unpaired) electrons. The third-order valence-electron chi connectivity index (χ3n) is 2.49. The minimum absolute atomic E-state index is 0.107. The fourth-order valence-electron chi connectivity index (χ4n) is 1.63. The Morgan fingerprint density at radius 1 is 1.47 bits per heavy atom. The van der Waals surface area contributed by atoms with Gasteiger partial charge in [-0.3, -0.25) is 10.1 Å². The van der Waals surface area contributed by atoms with Gasteiger partial charge >= 0.3 is 12.3 Å². The zero-order chi connectivity index (χ0) is 14.6. The molecule has 0 heterocycles. The second kappa shape index (κ2) is 6.07. The summed E-state index contributed by atoms with van der Waals surface area (Å²) in [5.74, 6) is -3.05. The van der Waals surface area contributed by atoms with Crippen molar-refractivity contribution in [3.63, 3.8) is 0 Å². The van der Waals surface area contributed by atoms with E-state index in [1.807, 2.05) is 0 Å². The lowest BCUT2D eigenvalue weighted by Crippen LogP contribution is -2.29. The molecular formula is C11H10F2NO5-. The summed E-state index contributed by atoms with van der Waals surface area (Å²) in [6.45, 7) is -1.64. The molecular weight excluding hydrogens is 264 g/mol. The van der Waals surface area contributed by atoms with Crippen molar-refractivity contribution in [3.8, 4) is 5.75 Å². The number of aliphatic carboxylic acids is 1. The molecule has 0 N–H and O–H groups in total. The van der Waals surface area contributed by atoms with Crippen molar-refractivity contribution in [2.24, 2.45) is 0 Å². The first kappa shape index (κ1) is 14.8. The van der Waals surface area contributed by atoms with Gasteiger partial charge in [0, 0.05) is 18.0 Å². The van der Waals surface area contributed by atoms with Crippen molar-refractivity contribution in [1.82, 2.24) is 0 Å². The fourth-order valence-corrected chi connectivity index (χ4v) is 1.63. The number of nitro benzene ring substituents is 1. The fraction of sp³-hybridized carbons (Fsp3) is 0.364. The van der Waals surface area contributed by atoms with Crippen molar-refractivity contribution in [1.29, 1.82) is 0 Å². The number of benzene rings is 1. The summed E-state index contributed by atoms with van der Waals surface area (Å²) in [7, 11) is 0. The third-order valence-corrected chi connectivity index (χ3v) is 2.49. The van der Waals surface area contributed by atoms with Crippen LogP contribution in [0.25, 0.3) is 0 Å². The molecule has 0 aliphatic carbocycles. The molecule has 0 saturated heterocycles. The van der Waals surface area contributed by atoms with E-state index in [1.54, 1.807) is 6.92 Å². The van der Waals surface area contributed by atoms with Crippen LogP contribution in [0.4, 0.5) is 14.5 Å². The van der Waals surface area contributed by atoms with Crippen LogP contribution in [0, 0.1) is 10.1 Å². The number of ether oxygens (including phenoxy) is 1. The average molecular weight is 274 g/mol. The minimum Gasteiger partial charge on any atom is -0.549 e. The molecule has 104 valence electrons. The third kappa shape index (κ3) is 3.60. The van der Waals surface area contributed by atoms with E-state index < -0.39 is 34.9 Å². The molecule has 0 aromatic heterocycles. The molecule has 1 aromatic carbocycles. The predicted molar refractivity (Wildman–Crippen MR) is 57.8 cm³/mol. The Bertz CT molecular complexity index is 492. The molecule has 0 aliphatic rings. The normalized spacial score (nSPS) is 12.2. The summed E-state index contributed by atoms with van der Waals surface area (Å²) in [5, 5.41) is 21.6. The van der Waals surface area contributed by atoms with E-state index in [0.29, 0.717) is 0 Å². The zero-order valence-corrected chi connectivity index (χ0v) is 9.84. The molecule has 1 rings (SSSR count). The number of carbonyl (C=O) groups is 1. The van der Waals surface area contributed by atoms with Gasteiger partial charge in [-0.05, 0) is 18.1 Å². The lowest BCUT2D eigenvalue weighted by Gasteiger charge is -2.16. The molecule has 0 spiro atoms. The van der Waals surface area contributed by atoms with Crippen molar-refractivity contribution in [3.05, 3.63) is 33.9 Å². The van der Waals surface area contributed by atoms with Crippen LogP contribution in [-0.4, -0.2) is 17.5 Å². The van der Waals surface area contributed by atoms with Gasteiger partial charge in [0.05, 0.1) is 4.92 Å². The molecule has 0 amide bonds. The first-order valence-electron chi connectivity index (χ1n) is 5.30. The van der Waals surface area contributed by atoms with Gasteiger partial charge in [0.1, 0.15) is 0 Å². The number of alkyl halides is 2. The van der Waals surface area contributed by atoms with Gasteiger partial charge in [0.2, 0.25) is 5.75 Å². The molecule has 1 atom stereocenters. The summed E-state index contributed by atoms with van der Waals surface area (Å²) in [6.07, 6.45) is 0.161. The van der Waals surface area contributed by atoms with Crippen molar-refractivity contribution < 1.29 is 28.3 Å². The highest BCUT2D eigenvalue weighted by Gasteiger charge is 2.21. The van der Waals surface area contributed by atoms with Crippen LogP contribution in [0.5, 0.6) is 5.75 Å².